The molecule has 0 spiro atoms. The van der Waals surface area contributed by atoms with Gasteiger partial charge in [-0.2, -0.15) is 0 Å². The van der Waals surface area contributed by atoms with E-state index in [-0.39, 0.29) is 23.5 Å². The zero-order valence-corrected chi connectivity index (χ0v) is 15.9. The van der Waals surface area contributed by atoms with Crippen molar-refractivity contribution < 1.29 is 9.90 Å². The third-order valence-corrected chi connectivity index (χ3v) is 5.28. The molecule has 0 saturated carbocycles. The Morgan fingerprint density at radius 1 is 1.22 bits per heavy atom. The molecule has 1 aromatic heterocycles. The van der Waals surface area contributed by atoms with E-state index in [2.05, 4.69) is 15.4 Å². The van der Waals surface area contributed by atoms with Crippen LogP contribution in [0.15, 0.2) is 36.4 Å². The predicted octanol–water partition coefficient (Wildman–Crippen LogP) is 4.01. The number of aryl methyl sites for hydroxylation is 1. The lowest BCUT2D eigenvalue weighted by Crippen LogP contribution is -2.28. The van der Waals surface area contributed by atoms with Crippen LogP contribution in [0, 0.1) is 6.92 Å². The van der Waals surface area contributed by atoms with E-state index in [1.54, 1.807) is 37.3 Å². The number of phenols is 1. The number of benzene rings is 2. The molecule has 1 atom stereocenters. The molecule has 2 aromatic carbocycles. The molecule has 6 nitrogen and oxygen atoms in total. The number of halogens is 2. The molecule has 138 valence electrons. The van der Waals surface area contributed by atoms with Gasteiger partial charge in [0.05, 0.1) is 16.1 Å². The summed E-state index contributed by atoms with van der Waals surface area (Å²) in [5, 5.41) is 18.0. The molecule has 0 aliphatic heterocycles. The molecule has 8 heteroatoms. The number of aromatic nitrogens is 3. The van der Waals surface area contributed by atoms with Crippen molar-refractivity contribution in [3.8, 4) is 11.4 Å². The lowest BCUT2D eigenvalue weighted by molar-refractivity contribution is 0.0926. The van der Waals surface area contributed by atoms with Gasteiger partial charge in [0, 0.05) is 0 Å². The fourth-order valence-electron chi connectivity index (χ4n) is 3.40. The van der Waals surface area contributed by atoms with Crippen molar-refractivity contribution in [2.45, 2.75) is 25.8 Å². The number of para-hydroxylation sites is 1. The number of amides is 1. The summed E-state index contributed by atoms with van der Waals surface area (Å²) in [7, 11) is 0. The summed E-state index contributed by atoms with van der Waals surface area (Å²) in [5.41, 5.74) is 2.29. The van der Waals surface area contributed by atoms with E-state index in [0.717, 1.165) is 11.1 Å². The number of fused-ring (bicyclic) bond motifs is 1. The minimum Gasteiger partial charge on any atom is -0.508 e. The molecule has 3 aromatic rings. The summed E-state index contributed by atoms with van der Waals surface area (Å²) in [5.74, 6) is 0.411. The van der Waals surface area contributed by atoms with E-state index in [0.29, 0.717) is 34.4 Å². The maximum absolute atomic E-state index is 12.7. The second kappa shape index (κ2) is 6.87. The fraction of sp³-hybridized carbons (Fsp3) is 0.211. The van der Waals surface area contributed by atoms with Crippen molar-refractivity contribution in [2.75, 3.05) is 0 Å². The molecule has 1 heterocycles. The van der Waals surface area contributed by atoms with Crippen LogP contribution in [-0.2, 0) is 6.42 Å². The van der Waals surface area contributed by atoms with Crippen LogP contribution in [-0.4, -0.2) is 25.8 Å². The highest BCUT2D eigenvalue weighted by Crippen LogP contribution is 2.36. The topological polar surface area (TPSA) is 80.0 Å². The first kappa shape index (κ1) is 17.8. The van der Waals surface area contributed by atoms with E-state index in [9.17, 15) is 9.90 Å². The number of carbonyl (C=O) groups is 1. The average Bonchev–Trinajstić information content (AvgIpc) is 3.20. The van der Waals surface area contributed by atoms with Crippen molar-refractivity contribution in [3.05, 3.63) is 69.2 Å². The lowest BCUT2D eigenvalue weighted by Gasteiger charge is -2.13. The van der Waals surface area contributed by atoms with Crippen molar-refractivity contribution in [1.29, 1.82) is 0 Å². The maximum atomic E-state index is 12.7. The molecule has 1 unspecified atom stereocenters. The average molecular weight is 403 g/mol. The monoisotopic (exact) mass is 402 g/mol. The van der Waals surface area contributed by atoms with Crippen LogP contribution in [0.2, 0.25) is 10.0 Å². The number of aromatic hydroxyl groups is 1. The molecule has 4 rings (SSSR count). The SMILES string of the molecule is Cc1nc(C(=O)NC2CCc3c(O)cccc32)nn1-c1c(Cl)cccc1Cl. The second-order valence-corrected chi connectivity index (χ2v) is 7.19. The summed E-state index contributed by atoms with van der Waals surface area (Å²) in [6.45, 7) is 1.73. The van der Waals surface area contributed by atoms with Gasteiger partial charge in [-0.1, -0.05) is 41.4 Å². The van der Waals surface area contributed by atoms with Gasteiger partial charge in [-0.15, -0.1) is 5.10 Å². The lowest BCUT2D eigenvalue weighted by atomic mass is 10.1. The number of carbonyl (C=O) groups excluding carboxylic acids is 1. The van der Waals surface area contributed by atoms with Gasteiger partial charge in [0.2, 0.25) is 5.82 Å². The Labute approximate surface area is 165 Å². The molecule has 1 aliphatic carbocycles. The van der Waals surface area contributed by atoms with Gasteiger partial charge in [0.1, 0.15) is 17.3 Å². The Balaban J connectivity index is 1.61. The standard InChI is InChI=1S/C19H16Cl2N4O2/c1-10-22-18(24-25(10)17-13(20)5-3-6-14(17)21)19(27)23-15-9-8-12-11(15)4-2-7-16(12)26/h2-7,15,26H,8-9H2,1H3,(H,23,27). The van der Waals surface area contributed by atoms with Gasteiger partial charge in [-0.25, -0.2) is 9.67 Å². The Morgan fingerprint density at radius 2 is 1.93 bits per heavy atom. The first-order valence-electron chi connectivity index (χ1n) is 8.45. The van der Waals surface area contributed by atoms with Gasteiger partial charge in [-0.05, 0) is 49.1 Å². The van der Waals surface area contributed by atoms with Gasteiger partial charge in [0.25, 0.3) is 5.91 Å². The Morgan fingerprint density at radius 3 is 2.67 bits per heavy atom. The predicted molar refractivity (Wildman–Crippen MR) is 103 cm³/mol. The largest absolute Gasteiger partial charge is 0.508 e. The number of rotatable bonds is 3. The highest BCUT2D eigenvalue weighted by atomic mass is 35.5. The van der Waals surface area contributed by atoms with Crippen LogP contribution in [0.4, 0.5) is 0 Å². The molecule has 27 heavy (non-hydrogen) atoms. The van der Waals surface area contributed by atoms with Gasteiger partial charge in [0.15, 0.2) is 0 Å². The van der Waals surface area contributed by atoms with Crippen molar-refractivity contribution in [1.82, 2.24) is 20.1 Å². The Bertz CT molecular complexity index is 1030. The first-order valence-corrected chi connectivity index (χ1v) is 9.21. The molecule has 0 bridgehead atoms. The third-order valence-electron chi connectivity index (χ3n) is 4.67. The summed E-state index contributed by atoms with van der Waals surface area (Å²) in [4.78, 5) is 16.9. The molecule has 0 saturated heterocycles. The minimum atomic E-state index is -0.388. The van der Waals surface area contributed by atoms with Crippen molar-refractivity contribution in [3.63, 3.8) is 0 Å². The zero-order valence-electron chi connectivity index (χ0n) is 14.4. The smallest absolute Gasteiger partial charge is 0.291 e. The van der Waals surface area contributed by atoms with E-state index in [1.807, 2.05) is 6.07 Å². The Kier molecular flexibility index (Phi) is 4.53. The first-order chi connectivity index (χ1) is 13.0. The van der Waals surface area contributed by atoms with E-state index in [1.165, 1.54) is 4.68 Å². The minimum absolute atomic E-state index is 0.0390. The van der Waals surface area contributed by atoms with Gasteiger partial charge >= 0.3 is 0 Å². The fourth-order valence-corrected chi connectivity index (χ4v) is 3.95. The summed E-state index contributed by atoms with van der Waals surface area (Å²) < 4.78 is 1.47. The molecular formula is C19H16Cl2N4O2. The van der Waals surface area contributed by atoms with E-state index >= 15 is 0 Å². The zero-order chi connectivity index (χ0) is 19.1. The normalized spacial score (nSPS) is 15.6. The van der Waals surface area contributed by atoms with Gasteiger partial charge < -0.3 is 10.4 Å². The maximum Gasteiger partial charge on any atom is 0.291 e. The number of phenolic OH excluding ortho intramolecular Hbond substituents is 1. The molecule has 0 fully saturated rings. The second-order valence-electron chi connectivity index (χ2n) is 6.37. The summed E-state index contributed by atoms with van der Waals surface area (Å²) in [6, 6.07) is 10.3. The molecular weight excluding hydrogens is 387 g/mol. The highest BCUT2D eigenvalue weighted by Gasteiger charge is 2.28. The molecule has 1 amide bonds. The quantitative estimate of drug-likeness (QED) is 0.693. The van der Waals surface area contributed by atoms with Crippen LogP contribution in [0.25, 0.3) is 5.69 Å². The van der Waals surface area contributed by atoms with Crippen LogP contribution in [0.1, 0.15) is 40.0 Å². The summed E-state index contributed by atoms with van der Waals surface area (Å²) in [6.07, 6.45) is 1.43. The van der Waals surface area contributed by atoms with Crippen LogP contribution >= 0.6 is 23.2 Å². The van der Waals surface area contributed by atoms with Crippen molar-refractivity contribution in [2.24, 2.45) is 0 Å². The highest BCUT2D eigenvalue weighted by molar-refractivity contribution is 6.37. The van der Waals surface area contributed by atoms with E-state index in [4.69, 9.17) is 23.2 Å². The Hall–Kier alpha value is -2.57. The molecule has 0 radical (unpaired) electrons. The number of hydrogen-bond donors (Lipinski definition) is 2. The molecule has 1 aliphatic rings. The number of nitrogens with zero attached hydrogens (tertiary/aromatic N) is 3. The summed E-state index contributed by atoms with van der Waals surface area (Å²) >= 11 is 12.5. The van der Waals surface area contributed by atoms with E-state index < -0.39 is 0 Å². The number of hydrogen-bond acceptors (Lipinski definition) is 4. The van der Waals surface area contributed by atoms with Crippen LogP contribution in [0.3, 0.4) is 0 Å². The van der Waals surface area contributed by atoms with Crippen LogP contribution < -0.4 is 5.32 Å². The number of nitrogens with one attached hydrogen (secondary N) is 1. The van der Waals surface area contributed by atoms with Gasteiger partial charge in [-0.3, -0.25) is 4.79 Å². The van der Waals surface area contributed by atoms with Crippen LogP contribution in [0.5, 0.6) is 5.75 Å². The molecule has 2 N–H and O–H groups in total. The van der Waals surface area contributed by atoms with Crippen molar-refractivity contribution >= 4 is 29.1 Å². The third kappa shape index (κ3) is 3.15.